The highest BCUT2D eigenvalue weighted by Gasteiger charge is 2.51. The highest BCUT2D eigenvalue weighted by molar-refractivity contribution is 9.10. The highest BCUT2D eigenvalue weighted by Crippen LogP contribution is 2.53. The van der Waals surface area contributed by atoms with Gasteiger partial charge < -0.3 is 19.3 Å². The van der Waals surface area contributed by atoms with Crippen molar-refractivity contribution in [1.82, 2.24) is 19.1 Å². The van der Waals surface area contributed by atoms with Crippen LogP contribution in [0.25, 0.3) is 11.2 Å². The van der Waals surface area contributed by atoms with E-state index in [0.29, 0.717) is 0 Å². The summed E-state index contributed by atoms with van der Waals surface area (Å²) in [5.41, 5.74) is -0.368. The predicted molar refractivity (Wildman–Crippen MR) is 95.4 cm³/mol. The lowest BCUT2D eigenvalue weighted by Crippen LogP contribution is -2.39. The van der Waals surface area contributed by atoms with E-state index in [0.717, 1.165) is 0 Å². The minimum absolute atomic E-state index is 0.0113. The summed E-state index contributed by atoms with van der Waals surface area (Å²) in [6.45, 7) is -3.62. The van der Waals surface area contributed by atoms with Crippen molar-refractivity contribution < 1.29 is 28.6 Å². The molecular formula is C12H11BrN5O7PS. The fourth-order valence-corrected chi connectivity index (χ4v) is 5.35. The summed E-state index contributed by atoms with van der Waals surface area (Å²) in [4.78, 5) is 42.5. The zero-order valence-electron chi connectivity index (χ0n) is 13.2. The molecule has 0 radical (unpaired) electrons. The third kappa shape index (κ3) is 2.63. The fraction of sp³-hybridized carbons (Fsp3) is 0.500. The molecule has 12 nitrogen and oxygen atoms in total. The van der Waals surface area contributed by atoms with Crippen LogP contribution in [0.3, 0.4) is 0 Å². The summed E-state index contributed by atoms with van der Waals surface area (Å²) in [6, 6.07) is 0. The van der Waals surface area contributed by atoms with E-state index in [1.54, 1.807) is 0 Å². The van der Waals surface area contributed by atoms with Crippen LogP contribution < -0.4 is 10.9 Å². The number of carbonyl (C=O) groups excluding carboxylic acids is 1. The van der Waals surface area contributed by atoms with Gasteiger partial charge in [0.05, 0.1) is 6.61 Å². The van der Waals surface area contributed by atoms with E-state index in [1.807, 2.05) is 0 Å². The number of rotatable bonds is 1. The maximum atomic E-state index is 12.6. The second kappa shape index (κ2) is 5.87. The van der Waals surface area contributed by atoms with Crippen molar-refractivity contribution in [2.45, 2.75) is 31.1 Å². The lowest BCUT2D eigenvalue weighted by Gasteiger charge is -2.30. The number of hydrogen-bond acceptors (Lipinski definition) is 9. The number of aromatic nitrogens is 4. The molecule has 3 aliphatic heterocycles. The van der Waals surface area contributed by atoms with Gasteiger partial charge in [-0.25, -0.2) is 4.98 Å². The molecule has 5 atom stereocenters. The van der Waals surface area contributed by atoms with Gasteiger partial charge in [0.2, 0.25) is 11.9 Å². The van der Waals surface area contributed by atoms with E-state index in [1.165, 1.54) is 9.13 Å². The van der Waals surface area contributed by atoms with Crippen LogP contribution in [0.2, 0.25) is 0 Å². The van der Waals surface area contributed by atoms with Crippen molar-refractivity contribution in [1.29, 1.82) is 0 Å². The van der Waals surface area contributed by atoms with Crippen molar-refractivity contribution in [2.24, 2.45) is 0 Å². The number of halogens is 1. The summed E-state index contributed by atoms with van der Waals surface area (Å²) >= 11 is 8.08. The third-order valence-electron chi connectivity index (χ3n) is 4.53. The number of fused-ring (bicyclic) bond motifs is 3. The third-order valence-corrected chi connectivity index (χ3v) is 6.65. The van der Waals surface area contributed by atoms with Gasteiger partial charge in [0, 0.05) is 0 Å². The molecular weight excluding hydrogens is 469 g/mol. The standard InChI is InChI=1S/C12H11BrN5O7PS/c13-11-15-5-8(16-12-14-4(19)1-17(12)9(5)21)18(11)10-6(20)7-3(24-10)2-23-26(22,27)25-7/h3,6-7,10,20H,1-2H2,(H,22,27)(H,14,16,19)/t3?,6?,7-,10-,26?/m1/s1. The molecule has 3 aliphatic rings. The second-order valence-corrected chi connectivity index (χ2v) is 9.69. The van der Waals surface area contributed by atoms with E-state index in [2.05, 4.69) is 31.2 Å². The molecule has 2 fully saturated rings. The van der Waals surface area contributed by atoms with Crippen molar-refractivity contribution in [2.75, 3.05) is 11.9 Å². The van der Waals surface area contributed by atoms with Crippen molar-refractivity contribution in [3.63, 3.8) is 0 Å². The van der Waals surface area contributed by atoms with Crippen molar-refractivity contribution in [3.05, 3.63) is 15.1 Å². The van der Waals surface area contributed by atoms with Crippen LogP contribution in [0.1, 0.15) is 6.23 Å². The molecule has 1 amide bonds. The number of ether oxygens (including phenoxy) is 1. The molecule has 15 heteroatoms. The monoisotopic (exact) mass is 479 g/mol. The number of anilines is 1. The Kier molecular flexibility index (Phi) is 3.88. The average Bonchev–Trinajstić information content (AvgIpc) is 3.22. The van der Waals surface area contributed by atoms with E-state index >= 15 is 0 Å². The van der Waals surface area contributed by atoms with Gasteiger partial charge >= 0.3 is 6.72 Å². The van der Waals surface area contributed by atoms with E-state index < -0.39 is 36.8 Å². The number of nitrogens with zero attached hydrogens (tertiary/aromatic N) is 4. The Balaban J connectivity index is 1.62. The number of hydrogen-bond donors (Lipinski definition) is 3. The van der Waals surface area contributed by atoms with Gasteiger partial charge in [-0.05, 0) is 27.7 Å². The Hall–Kier alpha value is -1.25. The first-order chi connectivity index (χ1) is 12.7. The molecule has 0 aromatic carbocycles. The van der Waals surface area contributed by atoms with Crippen LogP contribution in [0.5, 0.6) is 0 Å². The SMILES string of the molecule is O=C1Cn2c(nc3c(nc(Br)n3[C@@H]3OC4COP(O)(=S)O[C@H]4C3O)c2=O)N1. The van der Waals surface area contributed by atoms with E-state index in [-0.39, 0.29) is 40.9 Å². The molecule has 5 heterocycles. The molecule has 2 saturated heterocycles. The van der Waals surface area contributed by atoms with Gasteiger partial charge in [-0.15, -0.1) is 0 Å². The maximum Gasteiger partial charge on any atom is 0.325 e. The fourth-order valence-electron chi connectivity index (χ4n) is 3.36. The van der Waals surface area contributed by atoms with Gasteiger partial charge in [-0.3, -0.25) is 28.6 Å². The largest absolute Gasteiger partial charge is 0.386 e. The van der Waals surface area contributed by atoms with Gasteiger partial charge in [-0.2, -0.15) is 4.98 Å². The van der Waals surface area contributed by atoms with Gasteiger partial charge in [0.25, 0.3) is 5.56 Å². The quantitative estimate of drug-likeness (QED) is 0.350. The molecule has 144 valence electrons. The van der Waals surface area contributed by atoms with Gasteiger partial charge in [0.1, 0.15) is 24.9 Å². The second-order valence-electron chi connectivity index (χ2n) is 6.19. The molecule has 5 rings (SSSR count). The van der Waals surface area contributed by atoms with Crippen molar-refractivity contribution in [3.8, 4) is 0 Å². The van der Waals surface area contributed by atoms with E-state index in [9.17, 15) is 19.6 Å². The first-order valence-corrected chi connectivity index (χ1v) is 11.1. The van der Waals surface area contributed by atoms with Crippen LogP contribution in [0, 0.1) is 0 Å². The maximum absolute atomic E-state index is 12.6. The van der Waals surface area contributed by atoms with Crippen LogP contribution in [0.15, 0.2) is 9.53 Å². The Morgan fingerprint density at radius 3 is 2.93 bits per heavy atom. The first kappa shape index (κ1) is 17.8. The molecule has 2 aromatic heterocycles. The minimum atomic E-state index is -3.44. The summed E-state index contributed by atoms with van der Waals surface area (Å²) in [7, 11) is 0. The lowest BCUT2D eigenvalue weighted by molar-refractivity contribution is -0.115. The van der Waals surface area contributed by atoms with Crippen LogP contribution >= 0.6 is 22.6 Å². The zero-order chi connectivity index (χ0) is 19.1. The summed E-state index contributed by atoms with van der Waals surface area (Å²) in [5.74, 6) is -0.276. The molecule has 0 aliphatic carbocycles. The number of imidazole rings is 1. The minimum Gasteiger partial charge on any atom is -0.386 e. The molecule has 0 bridgehead atoms. The zero-order valence-corrected chi connectivity index (χ0v) is 16.5. The average molecular weight is 480 g/mol. The summed E-state index contributed by atoms with van der Waals surface area (Å²) < 4.78 is 18.9. The molecule has 0 spiro atoms. The number of carbonyl (C=O) groups is 1. The first-order valence-electron chi connectivity index (χ1n) is 7.72. The number of amides is 1. The Labute approximate surface area is 163 Å². The number of aliphatic hydroxyl groups excluding tert-OH is 1. The molecule has 3 N–H and O–H groups in total. The van der Waals surface area contributed by atoms with Crippen LogP contribution in [-0.4, -0.2) is 59.9 Å². The Bertz CT molecular complexity index is 1100. The lowest BCUT2D eigenvalue weighted by atomic mass is 10.1. The normalized spacial score (nSPS) is 35.3. The molecule has 27 heavy (non-hydrogen) atoms. The highest BCUT2D eigenvalue weighted by atomic mass is 79.9. The number of aliphatic hydroxyl groups is 1. The number of nitrogens with one attached hydrogen (secondary N) is 1. The summed E-state index contributed by atoms with van der Waals surface area (Å²) in [6.07, 6.45) is -3.83. The van der Waals surface area contributed by atoms with Gasteiger partial charge in [0.15, 0.2) is 22.1 Å². The van der Waals surface area contributed by atoms with Gasteiger partial charge in [-0.1, -0.05) is 0 Å². The molecule has 2 aromatic rings. The Morgan fingerprint density at radius 2 is 2.15 bits per heavy atom. The molecule has 0 saturated carbocycles. The van der Waals surface area contributed by atoms with Crippen LogP contribution in [-0.2, 0) is 36.9 Å². The van der Waals surface area contributed by atoms with E-state index in [4.69, 9.17) is 25.6 Å². The van der Waals surface area contributed by atoms with Crippen LogP contribution in [0.4, 0.5) is 5.95 Å². The topological polar surface area (TPSA) is 150 Å². The predicted octanol–water partition coefficient (Wildman–Crippen LogP) is -0.802. The summed E-state index contributed by atoms with van der Waals surface area (Å²) in [5, 5.41) is 13.2. The Morgan fingerprint density at radius 1 is 1.37 bits per heavy atom. The van der Waals surface area contributed by atoms with Crippen molar-refractivity contribution >= 4 is 57.5 Å². The smallest absolute Gasteiger partial charge is 0.325 e. The molecule has 3 unspecified atom stereocenters.